The predicted octanol–water partition coefficient (Wildman–Crippen LogP) is 2.08. The largest absolute Gasteiger partial charge is 0.493 e. The van der Waals surface area contributed by atoms with Crippen molar-refractivity contribution in [1.29, 1.82) is 0 Å². The molecule has 1 aromatic heterocycles. The Kier molecular flexibility index (Phi) is 4.45. The van der Waals surface area contributed by atoms with E-state index >= 15 is 0 Å². The van der Waals surface area contributed by atoms with Gasteiger partial charge in [-0.2, -0.15) is 0 Å². The predicted molar refractivity (Wildman–Crippen MR) is 87.8 cm³/mol. The molecule has 0 aliphatic carbocycles. The first-order valence-corrected chi connectivity index (χ1v) is 7.57. The Morgan fingerprint density at radius 3 is 2.92 bits per heavy atom. The summed E-state index contributed by atoms with van der Waals surface area (Å²) in [5.41, 5.74) is 0.901. The number of rotatable bonds is 4. The van der Waals surface area contributed by atoms with Crippen molar-refractivity contribution in [1.82, 2.24) is 15.1 Å². The third-order valence-corrected chi connectivity index (χ3v) is 3.87. The molecule has 8 nitrogen and oxygen atoms in total. The zero-order valence-corrected chi connectivity index (χ0v) is 13.8. The smallest absolute Gasteiger partial charge is 0.320 e. The van der Waals surface area contributed by atoms with E-state index in [0.29, 0.717) is 36.2 Å². The van der Waals surface area contributed by atoms with Crippen LogP contribution in [0.1, 0.15) is 18.0 Å². The van der Waals surface area contributed by atoms with Gasteiger partial charge in [-0.05, 0) is 6.07 Å². The number of methoxy groups -OCH3 is 2. The summed E-state index contributed by atoms with van der Waals surface area (Å²) in [5, 5.41) is 9.83. The van der Waals surface area contributed by atoms with E-state index in [1.165, 1.54) is 7.11 Å². The van der Waals surface area contributed by atoms with Crippen molar-refractivity contribution in [3.8, 4) is 17.4 Å². The normalized spacial score (nSPS) is 15.9. The van der Waals surface area contributed by atoms with Gasteiger partial charge in [-0.25, -0.2) is 9.48 Å². The Morgan fingerprint density at radius 2 is 2.21 bits per heavy atom. The standard InChI is InChI=1S/C16H20N4O4/c1-20-13(9-14(19-20)23-3)18-16(21)17-11-7-8-24-15-10(11)5-4-6-12(15)22-2/h4-6,9,11H,7-8H2,1-3H3,(H2,17,18,21). The Balaban J connectivity index is 1.73. The molecule has 3 rings (SSSR count). The molecule has 2 N–H and O–H groups in total. The number of aromatic nitrogens is 2. The number of amides is 2. The van der Waals surface area contributed by atoms with E-state index in [1.54, 1.807) is 24.9 Å². The summed E-state index contributed by atoms with van der Waals surface area (Å²) in [6.07, 6.45) is 0.683. The van der Waals surface area contributed by atoms with E-state index < -0.39 is 0 Å². The van der Waals surface area contributed by atoms with Crippen LogP contribution in [0.2, 0.25) is 0 Å². The maximum Gasteiger partial charge on any atom is 0.320 e. The molecule has 0 saturated carbocycles. The Hall–Kier alpha value is -2.90. The van der Waals surface area contributed by atoms with E-state index in [-0.39, 0.29) is 12.1 Å². The maximum absolute atomic E-state index is 12.3. The molecule has 1 aliphatic rings. The van der Waals surface area contributed by atoms with Crippen LogP contribution >= 0.6 is 0 Å². The third-order valence-electron chi connectivity index (χ3n) is 3.87. The first-order chi connectivity index (χ1) is 11.6. The Labute approximate surface area is 139 Å². The summed E-state index contributed by atoms with van der Waals surface area (Å²) in [7, 11) is 4.85. The number of nitrogens with one attached hydrogen (secondary N) is 2. The van der Waals surface area contributed by atoms with Gasteiger partial charge in [0.1, 0.15) is 5.82 Å². The van der Waals surface area contributed by atoms with Gasteiger partial charge in [0.15, 0.2) is 11.5 Å². The number of ether oxygens (including phenoxy) is 3. The van der Waals surface area contributed by atoms with Crippen LogP contribution < -0.4 is 24.8 Å². The van der Waals surface area contributed by atoms with Gasteiger partial charge in [-0.1, -0.05) is 12.1 Å². The molecule has 0 spiro atoms. The lowest BCUT2D eigenvalue weighted by atomic mass is 10.0. The number of hydrogen-bond acceptors (Lipinski definition) is 5. The van der Waals surface area contributed by atoms with Gasteiger partial charge >= 0.3 is 6.03 Å². The lowest BCUT2D eigenvalue weighted by Crippen LogP contribution is -2.35. The molecule has 1 aliphatic heterocycles. The second kappa shape index (κ2) is 6.69. The van der Waals surface area contributed by atoms with Crippen molar-refractivity contribution >= 4 is 11.8 Å². The molecular weight excluding hydrogens is 312 g/mol. The zero-order chi connectivity index (χ0) is 17.1. The van der Waals surface area contributed by atoms with Crippen molar-refractivity contribution in [2.75, 3.05) is 26.1 Å². The number of hydrogen-bond donors (Lipinski definition) is 2. The van der Waals surface area contributed by atoms with Gasteiger partial charge in [-0.15, -0.1) is 5.10 Å². The number of aryl methyl sites for hydroxylation is 1. The average molecular weight is 332 g/mol. The highest BCUT2D eigenvalue weighted by molar-refractivity contribution is 5.88. The number of nitrogens with zero attached hydrogens (tertiary/aromatic N) is 2. The fourth-order valence-electron chi connectivity index (χ4n) is 2.68. The molecule has 0 saturated heterocycles. The van der Waals surface area contributed by atoms with Gasteiger partial charge < -0.3 is 19.5 Å². The number of carbonyl (C=O) groups excluding carboxylic acids is 1. The van der Waals surface area contributed by atoms with E-state index in [1.807, 2.05) is 18.2 Å². The van der Waals surface area contributed by atoms with Crippen LogP contribution in [0.4, 0.5) is 10.6 Å². The van der Waals surface area contributed by atoms with Crippen molar-refractivity contribution < 1.29 is 19.0 Å². The SMILES string of the molecule is COc1cc(NC(=O)NC2CCOc3c(OC)cccc32)n(C)n1. The van der Waals surface area contributed by atoms with Gasteiger partial charge in [0, 0.05) is 25.1 Å². The van der Waals surface area contributed by atoms with E-state index in [9.17, 15) is 4.79 Å². The molecule has 2 aromatic rings. The van der Waals surface area contributed by atoms with Gasteiger partial charge in [-0.3, -0.25) is 5.32 Å². The van der Waals surface area contributed by atoms with Gasteiger partial charge in [0.25, 0.3) is 0 Å². The summed E-state index contributed by atoms with van der Waals surface area (Å²) >= 11 is 0. The summed E-state index contributed by atoms with van der Waals surface area (Å²) in [5.74, 6) is 2.32. The number of urea groups is 1. The van der Waals surface area contributed by atoms with Crippen LogP contribution in [-0.4, -0.2) is 36.6 Å². The zero-order valence-electron chi connectivity index (χ0n) is 13.8. The second-order valence-electron chi connectivity index (χ2n) is 5.36. The first-order valence-electron chi connectivity index (χ1n) is 7.57. The van der Waals surface area contributed by atoms with Crippen molar-refractivity contribution in [2.45, 2.75) is 12.5 Å². The lowest BCUT2D eigenvalue weighted by molar-refractivity contribution is 0.226. The van der Waals surface area contributed by atoms with Crippen molar-refractivity contribution in [2.24, 2.45) is 7.05 Å². The number of carbonyl (C=O) groups is 1. The first kappa shape index (κ1) is 16.0. The van der Waals surface area contributed by atoms with Gasteiger partial charge in [0.05, 0.1) is 26.9 Å². The average Bonchev–Trinajstić information content (AvgIpc) is 2.94. The Bertz CT molecular complexity index is 744. The van der Waals surface area contributed by atoms with Gasteiger partial charge in [0.2, 0.25) is 5.88 Å². The number of benzene rings is 1. The summed E-state index contributed by atoms with van der Waals surface area (Å²) in [6.45, 7) is 0.512. The molecule has 2 heterocycles. The summed E-state index contributed by atoms with van der Waals surface area (Å²) < 4.78 is 17.6. The molecule has 2 amide bonds. The molecule has 0 fully saturated rings. The lowest BCUT2D eigenvalue weighted by Gasteiger charge is -2.27. The second-order valence-corrected chi connectivity index (χ2v) is 5.36. The molecule has 8 heteroatoms. The van der Waals surface area contributed by atoms with Crippen LogP contribution in [0.15, 0.2) is 24.3 Å². The number of anilines is 1. The van der Waals surface area contributed by atoms with Crippen molar-refractivity contribution in [3.63, 3.8) is 0 Å². The highest BCUT2D eigenvalue weighted by Gasteiger charge is 2.25. The Morgan fingerprint density at radius 1 is 1.38 bits per heavy atom. The van der Waals surface area contributed by atoms with Crippen molar-refractivity contribution in [3.05, 3.63) is 29.8 Å². The molecule has 1 aromatic carbocycles. The third kappa shape index (κ3) is 3.08. The fourth-order valence-corrected chi connectivity index (χ4v) is 2.68. The number of para-hydroxylation sites is 1. The minimum Gasteiger partial charge on any atom is -0.493 e. The van der Waals surface area contributed by atoms with E-state index in [0.717, 1.165) is 5.56 Å². The number of fused-ring (bicyclic) bond motifs is 1. The fraction of sp³-hybridized carbons (Fsp3) is 0.375. The molecule has 1 atom stereocenters. The summed E-state index contributed by atoms with van der Waals surface area (Å²) in [6, 6.07) is 6.82. The minimum atomic E-state index is -0.318. The molecule has 24 heavy (non-hydrogen) atoms. The van der Waals surface area contributed by atoms with Crippen LogP contribution in [0, 0.1) is 0 Å². The minimum absolute atomic E-state index is 0.154. The van der Waals surface area contributed by atoms with Crippen LogP contribution in [0.3, 0.4) is 0 Å². The van der Waals surface area contributed by atoms with E-state index in [2.05, 4.69) is 15.7 Å². The molecule has 0 radical (unpaired) electrons. The highest BCUT2D eigenvalue weighted by Crippen LogP contribution is 2.39. The van der Waals surface area contributed by atoms with Crippen LogP contribution in [0.25, 0.3) is 0 Å². The topological polar surface area (TPSA) is 86.6 Å². The molecule has 0 bridgehead atoms. The molecule has 1 unspecified atom stereocenters. The molecular formula is C16H20N4O4. The highest BCUT2D eigenvalue weighted by atomic mass is 16.5. The quantitative estimate of drug-likeness (QED) is 0.895. The maximum atomic E-state index is 12.3. The summed E-state index contributed by atoms with van der Waals surface area (Å²) in [4.78, 5) is 12.3. The van der Waals surface area contributed by atoms with Crippen LogP contribution in [0.5, 0.6) is 17.4 Å². The monoisotopic (exact) mass is 332 g/mol. The van der Waals surface area contributed by atoms with E-state index in [4.69, 9.17) is 14.2 Å². The van der Waals surface area contributed by atoms with Crippen LogP contribution in [-0.2, 0) is 7.05 Å². The molecule has 128 valence electrons.